The molecule has 118 valence electrons. The molecule has 8 heteroatoms. The van der Waals surface area contributed by atoms with Crippen LogP contribution in [-0.2, 0) is 17.1 Å². The number of sulfonamides is 1. The molecule has 0 bridgehead atoms. The fraction of sp³-hybridized carbons (Fsp3) is 0.615. The third-order valence-corrected chi connectivity index (χ3v) is 5.73. The van der Waals surface area contributed by atoms with Gasteiger partial charge in [0.25, 0.3) is 0 Å². The van der Waals surface area contributed by atoms with E-state index in [4.69, 9.17) is 5.11 Å². The number of carboxylic acids is 1. The fourth-order valence-electron chi connectivity index (χ4n) is 2.76. The first-order valence-electron chi connectivity index (χ1n) is 6.74. The molecule has 21 heavy (non-hydrogen) atoms. The minimum Gasteiger partial charge on any atom is -0.477 e. The standard InChI is InChI=1S/C13H20N2O5S/c1-14-8-10(7-11(14)12(16)17)21(19,20)15(2)9-13(18)5-3-4-6-13/h7-8,18H,3-6,9H2,1-2H3,(H,16,17). The number of nitrogens with zero attached hydrogens (tertiary/aromatic N) is 2. The number of aromatic carboxylic acids is 1. The summed E-state index contributed by atoms with van der Waals surface area (Å²) in [4.78, 5) is 10.9. The van der Waals surface area contributed by atoms with Crippen LogP contribution >= 0.6 is 0 Å². The van der Waals surface area contributed by atoms with Crippen LogP contribution in [0, 0.1) is 0 Å². The molecule has 0 spiro atoms. The second-order valence-electron chi connectivity index (χ2n) is 5.67. The lowest BCUT2D eigenvalue weighted by Gasteiger charge is -2.27. The predicted octanol–water partition coefficient (Wildman–Crippen LogP) is 0.649. The van der Waals surface area contributed by atoms with Crippen molar-refractivity contribution < 1.29 is 23.4 Å². The summed E-state index contributed by atoms with van der Waals surface area (Å²) < 4.78 is 27.3. The topological polar surface area (TPSA) is 99.8 Å². The Bertz CT molecular complexity index is 644. The number of likely N-dealkylation sites (N-methyl/N-ethyl adjacent to an activating group) is 1. The maximum absolute atomic E-state index is 12.5. The number of hydrogen-bond acceptors (Lipinski definition) is 4. The average Bonchev–Trinajstić information content (AvgIpc) is 2.96. The first-order chi connectivity index (χ1) is 9.66. The summed E-state index contributed by atoms with van der Waals surface area (Å²) in [6, 6.07) is 1.13. The van der Waals surface area contributed by atoms with Crippen molar-refractivity contribution in [2.75, 3.05) is 13.6 Å². The number of carboxylic acid groups (broad SMARTS) is 1. The molecule has 0 saturated heterocycles. The van der Waals surface area contributed by atoms with E-state index in [2.05, 4.69) is 0 Å². The van der Waals surface area contributed by atoms with Crippen molar-refractivity contribution in [3.05, 3.63) is 18.0 Å². The van der Waals surface area contributed by atoms with E-state index in [-0.39, 0.29) is 17.1 Å². The van der Waals surface area contributed by atoms with Crippen molar-refractivity contribution in [3.8, 4) is 0 Å². The van der Waals surface area contributed by atoms with E-state index < -0.39 is 21.6 Å². The van der Waals surface area contributed by atoms with Gasteiger partial charge < -0.3 is 14.8 Å². The molecule has 1 aromatic rings. The number of hydrogen-bond donors (Lipinski definition) is 2. The minimum absolute atomic E-state index is 0.0205. The van der Waals surface area contributed by atoms with E-state index in [0.717, 1.165) is 23.2 Å². The molecule has 0 unspecified atom stereocenters. The summed E-state index contributed by atoms with van der Waals surface area (Å²) in [6.45, 7) is 0.0205. The lowest BCUT2D eigenvalue weighted by Crippen LogP contribution is -2.41. The molecule has 2 N–H and O–H groups in total. The molecular weight excluding hydrogens is 296 g/mol. The van der Waals surface area contributed by atoms with Crippen molar-refractivity contribution in [1.82, 2.24) is 8.87 Å². The summed E-state index contributed by atoms with van der Waals surface area (Å²) in [5.41, 5.74) is -1.08. The Labute approximate surface area is 123 Å². The number of aryl methyl sites for hydroxylation is 1. The first-order valence-corrected chi connectivity index (χ1v) is 8.18. The Kier molecular flexibility index (Phi) is 4.14. The summed E-state index contributed by atoms with van der Waals surface area (Å²) in [5.74, 6) is -1.18. The summed E-state index contributed by atoms with van der Waals surface area (Å²) in [7, 11) is -0.930. The number of rotatable bonds is 5. The Hall–Kier alpha value is -1.38. The van der Waals surface area contributed by atoms with Gasteiger partial charge in [-0.25, -0.2) is 13.2 Å². The highest BCUT2D eigenvalue weighted by atomic mass is 32.2. The van der Waals surface area contributed by atoms with Gasteiger partial charge in [-0.1, -0.05) is 12.8 Å². The number of aliphatic hydroxyl groups is 1. The molecule has 0 aromatic carbocycles. The van der Waals surface area contributed by atoms with Gasteiger partial charge in [0.1, 0.15) is 10.6 Å². The SMILES string of the molecule is CN(CC1(O)CCCC1)S(=O)(=O)c1cc(C(=O)O)n(C)c1. The van der Waals surface area contributed by atoms with Crippen LogP contribution in [0.15, 0.2) is 17.2 Å². The normalized spacial score (nSPS) is 18.3. The van der Waals surface area contributed by atoms with Crippen molar-refractivity contribution >= 4 is 16.0 Å². The van der Waals surface area contributed by atoms with E-state index in [0.29, 0.717) is 12.8 Å². The van der Waals surface area contributed by atoms with Gasteiger partial charge in [-0.2, -0.15) is 4.31 Å². The minimum atomic E-state index is -3.81. The summed E-state index contributed by atoms with van der Waals surface area (Å²) in [5, 5.41) is 19.3. The number of aromatic nitrogens is 1. The van der Waals surface area contributed by atoms with Crippen LogP contribution in [0.2, 0.25) is 0 Å². The highest BCUT2D eigenvalue weighted by Crippen LogP contribution is 2.31. The van der Waals surface area contributed by atoms with E-state index in [1.54, 1.807) is 0 Å². The largest absolute Gasteiger partial charge is 0.477 e. The van der Waals surface area contributed by atoms with Crippen LogP contribution in [-0.4, -0.2) is 52.7 Å². The van der Waals surface area contributed by atoms with Gasteiger partial charge in [0.2, 0.25) is 10.0 Å². The van der Waals surface area contributed by atoms with Gasteiger partial charge in [0.05, 0.1) is 5.60 Å². The van der Waals surface area contributed by atoms with E-state index in [1.807, 2.05) is 0 Å². The molecule has 0 atom stereocenters. The molecule has 2 rings (SSSR count). The summed E-state index contributed by atoms with van der Waals surface area (Å²) in [6.07, 6.45) is 4.22. The second kappa shape index (κ2) is 5.43. The van der Waals surface area contributed by atoms with Gasteiger partial charge >= 0.3 is 5.97 Å². The second-order valence-corrected chi connectivity index (χ2v) is 7.71. The Morgan fingerprint density at radius 3 is 2.48 bits per heavy atom. The van der Waals surface area contributed by atoms with Crippen molar-refractivity contribution in [3.63, 3.8) is 0 Å². The Morgan fingerprint density at radius 2 is 2.00 bits per heavy atom. The van der Waals surface area contributed by atoms with E-state index in [1.165, 1.54) is 24.9 Å². The quantitative estimate of drug-likeness (QED) is 0.831. The maximum Gasteiger partial charge on any atom is 0.352 e. The maximum atomic E-state index is 12.5. The Balaban J connectivity index is 2.24. The molecule has 1 saturated carbocycles. The predicted molar refractivity (Wildman–Crippen MR) is 75.6 cm³/mol. The third-order valence-electron chi connectivity index (χ3n) is 3.96. The molecule has 1 heterocycles. The zero-order valence-corrected chi connectivity index (χ0v) is 12.9. The molecule has 1 aliphatic carbocycles. The molecule has 0 amide bonds. The molecule has 0 radical (unpaired) electrons. The zero-order valence-electron chi connectivity index (χ0n) is 12.1. The smallest absolute Gasteiger partial charge is 0.352 e. The van der Waals surface area contributed by atoms with Gasteiger partial charge in [-0.15, -0.1) is 0 Å². The molecule has 1 aromatic heterocycles. The molecule has 1 fully saturated rings. The highest BCUT2D eigenvalue weighted by molar-refractivity contribution is 7.89. The van der Waals surface area contributed by atoms with Crippen LogP contribution in [0.5, 0.6) is 0 Å². The third kappa shape index (κ3) is 3.12. The Morgan fingerprint density at radius 1 is 1.43 bits per heavy atom. The summed E-state index contributed by atoms with van der Waals surface area (Å²) >= 11 is 0. The monoisotopic (exact) mass is 316 g/mol. The van der Waals surface area contributed by atoms with Gasteiger partial charge in [0.15, 0.2) is 0 Å². The van der Waals surface area contributed by atoms with E-state index in [9.17, 15) is 18.3 Å². The molecule has 0 aliphatic heterocycles. The van der Waals surface area contributed by atoms with Crippen molar-refractivity contribution in [1.29, 1.82) is 0 Å². The van der Waals surface area contributed by atoms with Crippen LogP contribution < -0.4 is 0 Å². The fourth-order valence-corrected chi connectivity index (χ4v) is 4.08. The van der Waals surface area contributed by atoms with Gasteiger partial charge in [-0.3, -0.25) is 0 Å². The average molecular weight is 316 g/mol. The molecule has 1 aliphatic rings. The van der Waals surface area contributed by atoms with Crippen LogP contribution in [0.1, 0.15) is 36.2 Å². The highest BCUT2D eigenvalue weighted by Gasteiger charge is 2.36. The van der Waals surface area contributed by atoms with Gasteiger partial charge in [0, 0.05) is 26.8 Å². The first kappa shape index (κ1) is 16.0. The van der Waals surface area contributed by atoms with Gasteiger partial charge in [-0.05, 0) is 18.9 Å². The van der Waals surface area contributed by atoms with Crippen LogP contribution in [0.25, 0.3) is 0 Å². The van der Waals surface area contributed by atoms with Crippen molar-refractivity contribution in [2.24, 2.45) is 7.05 Å². The molecular formula is C13H20N2O5S. The van der Waals surface area contributed by atoms with Crippen molar-refractivity contribution in [2.45, 2.75) is 36.2 Å². The number of carbonyl (C=O) groups is 1. The van der Waals surface area contributed by atoms with Crippen LogP contribution in [0.3, 0.4) is 0 Å². The lowest BCUT2D eigenvalue weighted by atomic mass is 10.0. The zero-order chi connectivity index (χ0) is 15.8. The van der Waals surface area contributed by atoms with Crippen LogP contribution in [0.4, 0.5) is 0 Å². The lowest BCUT2D eigenvalue weighted by molar-refractivity contribution is 0.0333. The molecule has 7 nitrogen and oxygen atoms in total. The van der Waals surface area contributed by atoms with E-state index >= 15 is 0 Å².